The molecule has 0 aromatic heterocycles. The smallest absolute Gasteiger partial charge is 0.410 e. The zero-order valence-corrected chi connectivity index (χ0v) is 8.78. The second-order valence-corrected chi connectivity index (χ2v) is 3.65. The monoisotopic (exact) mass is 224 g/mol. The van der Waals surface area contributed by atoms with Gasteiger partial charge in [0.15, 0.2) is 0 Å². The Balaban J connectivity index is 2.17. The number of carbonyl (C=O) groups excluding carboxylic acids is 1. The summed E-state index contributed by atoms with van der Waals surface area (Å²) in [6, 6.07) is 4.43. The molecule has 0 spiro atoms. The molecule has 0 saturated carbocycles. The van der Waals surface area contributed by atoms with E-state index in [9.17, 15) is 9.18 Å². The van der Waals surface area contributed by atoms with Crippen molar-refractivity contribution < 1.29 is 13.9 Å². The quantitative estimate of drug-likeness (QED) is 0.840. The Morgan fingerprint density at radius 3 is 2.88 bits per heavy atom. The average Bonchev–Trinajstić information content (AvgIpc) is 2.67. The zero-order valence-electron chi connectivity index (χ0n) is 8.78. The van der Waals surface area contributed by atoms with Gasteiger partial charge in [-0.2, -0.15) is 0 Å². The zero-order chi connectivity index (χ0) is 11.5. The van der Waals surface area contributed by atoms with Gasteiger partial charge >= 0.3 is 6.09 Å². The van der Waals surface area contributed by atoms with Crippen molar-refractivity contribution >= 4 is 6.09 Å². The lowest BCUT2D eigenvalue weighted by Crippen LogP contribution is -2.24. The van der Waals surface area contributed by atoms with Crippen molar-refractivity contribution in [2.45, 2.75) is 13.1 Å². The summed E-state index contributed by atoms with van der Waals surface area (Å²) in [5.74, 6) is -0.312. The third kappa shape index (κ3) is 2.14. The van der Waals surface area contributed by atoms with Crippen LogP contribution in [0.3, 0.4) is 0 Å². The molecular weight excluding hydrogens is 211 g/mol. The van der Waals surface area contributed by atoms with E-state index < -0.39 is 0 Å². The van der Waals surface area contributed by atoms with Crippen LogP contribution in [0.25, 0.3) is 0 Å². The summed E-state index contributed by atoms with van der Waals surface area (Å²) in [4.78, 5) is 12.8. The first kappa shape index (κ1) is 10.9. The molecule has 1 fully saturated rings. The number of hydrogen-bond acceptors (Lipinski definition) is 3. The Bertz CT molecular complexity index is 409. The number of halogens is 1. The van der Waals surface area contributed by atoms with Gasteiger partial charge in [-0.05, 0) is 23.3 Å². The predicted octanol–water partition coefficient (Wildman–Crippen LogP) is 1.24. The number of nitrogens with zero attached hydrogens (tertiary/aromatic N) is 1. The van der Waals surface area contributed by atoms with E-state index in [0.29, 0.717) is 19.7 Å². The van der Waals surface area contributed by atoms with Crippen LogP contribution in [0.5, 0.6) is 0 Å². The summed E-state index contributed by atoms with van der Waals surface area (Å²) in [5, 5.41) is 0. The van der Waals surface area contributed by atoms with Crippen molar-refractivity contribution in [1.29, 1.82) is 0 Å². The van der Waals surface area contributed by atoms with Crippen LogP contribution in [0, 0.1) is 5.82 Å². The van der Waals surface area contributed by atoms with Crippen molar-refractivity contribution in [2.75, 3.05) is 13.2 Å². The molecule has 2 rings (SSSR count). The third-order valence-electron chi connectivity index (χ3n) is 2.59. The fourth-order valence-electron chi connectivity index (χ4n) is 1.71. The standard InChI is InChI=1S/C11H13FN2O2/c12-10-2-1-8(9(5-10)6-13)7-14-3-4-16-11(14)15/h1-2,5H,3-4,6-7,13H2. The maximum Gasteiger partial charge on any atom is 0.410 e. The van der Waals surface area contributed by atoms with E-state index >= 15 is 0 Å². The van der Waals surface area contributed by atoms with E-state index in [-0.39, 0.29) is 18.5 Å². The summed E-state index contributed by atoms with van der Waals surface area (Å²) in [6.45, 7) is 1.67. The molecule has 1 amide bonds. The van der Waals surface area contributed by atoms with Gasteiger partial charge < -0.3 is 15.4 Å². The van der Waals surface area contributed by atoms with Gasteiger partial charge in [0.1, 0.15) is 12.4 Å². The fraction of sp³-hybridized carbons (Fsp3) is 0.364. The van der Waals surface area contributed by atoms with Gasteiger partial charge in [0.2, 0.25) is 0 Å². The van der Waals surface area contributed by atoms with Crippen LogP contribution < -0.4 is 5.73 Å². The van der Waals surface area contributed by atoms with Gasteiger partial charge in [0.25, 0.3) is 0 Å². The lowest BCUT2D eigenvalue weighted by molar-refractivity contribution is 0.157. The molecule has 16 heavy (non-hydrogen) atoms. The average molecular weight is 224 g/mol. The maximum atomic E-state index is 13.0. The minimum atomic E-state index is -0.327. The van der Waals surface area contributed by atoms with Crippen molar-refractivity contribution in [3.05, 3.63) is 35.1 Å². The van der Waals surface area contributed by atoms with Crippen LogP contribution in [-0.2, 0) is 17.8 Å². The minimum Gasteiger partial charge on any atom is -0.448 e. The van der Waals surface area contributed by atoms with Crippen LogP contribution in [0.15, 0.2) is 18.2 Å². The van der Waals surface area contributed by atoms with Gasteiger partial charge in [0.05, 0.1) is 6.54 Å². The number of nitrogens with two attached hydrogens (primary N) is 1. The number of hydrogen-bond donors (Lipinski definition) is 1. The molecule has 1 heterocycles. The summed E-state index contributed by atoms with van der Waals surface area (Å²) in [5.41, 5.74) is 7.11. The Hall–Kier alpha value is -1.62. The second-order valence-electron chi connectivity index (χ2n) is 3.65. The van der Waals surface area contributed by atoms with E-state index in [1.807, 2.05) is 0 Å². The highest BCUT2D eigenvalue weighted by Gasteiger charge is 2.22. The molecule has 1 aromatic carbocycles. The lowest BCUT2D eigenvalue weighted by atomic mass is 10.1. The molecule has 0 bridgehead atoms. The number of benzene rings is 1. The van der Waals surface area contributed by atoms with Crippen molar-refractivity contribution in [3.8, 4) is 0 Å². The summed E-state index contributed by atoms with van der Waals surface area (Å²) in [7, 11) is 0. The molecule has 86 valence electrons. The number of amides is 1. The summed E-state index contributed by atoms with van der Waals surface area (Å²) >= 11 is 0. The van der Waals surface area contributed by atoms with E-state index in [0.717, 1.165) is 11.1 Å². The van der Waals surface area contributed by atoms with Crippen LogP contribution in [0.2, 0.25) is 0 Å². The highest BCUT2D eigenvalue weighted by atomic mass is 19.1. The van der Waals surface area contributed by atoms with Crippen LogP contribution >= 0.6 is 0 Å². The van der Waals surface area contributed by atoms with Gasteiger partial charge in [0, 0.05) is 13.1 Å². The molecule has 0 aliphatic carbocycles. The Kier molecular flexibility index (Phi) is 3.05. The normalized spacial score (nSPS) is 15.4. The third-order valence-corrected chi connectivity index (χ3v) is 2.59. The Morgan fingerprint density at radius 1 is 1.44 bits per heavy atom. The Morgan fingerprint density at radius 2 is 2.25 bits per heavy atom. The van der Waals surface area contributed by atoms with Crippen LogP contribution in [0.4, 0.5) is 9.18 Å². The highest BCUT2D eigenvalue weighted by molar-refractivity contribution is 5.69. The number of rotatable bonds is 3. The van der Waals surface area contributed by atoms with Crippen LogP contribution in [-0.4, -0.2) is 24.1 Å². The first-order chi connectivity index (χ1) is 7.70. The summed E-state index contributed by atoms with van der Waals surface area (Å²) in [6.07, 6.45) is -0.327. The first-order valence-corrected chi connectivity index (χ1v) is 5.10. The molecule has 1 saturated heterocycles. The molecule has 1 aromatic rings. The SMILES string of the molecule is NCc1cc(F)ccc1CN1CCOC1=O. The first-order valence-electron chi connectivity index (χ1n) is 5.10. The molecule has 0 unspecified atom stereocenters. The number of ether oxygens (including phenoxy) is 1. The Labute approximate surface area is 92.8 Å². The van der Waals surface area contributed by atoms with Gasteiger partial charge in [-0.1, -0.05) is 6.07 Å². The van der Waals surface area contributed by atoms with Crippen molar-refractivity contribution in [3.63, 3.8) is 0 Å². The lowest BCUT2D eigenvalue weighted by Gasteiger charge is -2.15. The maximum absolute atomic E-state index is 13.0. The van der Waals surface area contributed by atoms with E-state index in [1.54, 1.807) is 11.0 Å². The topological polar surface area (TPSA) is 55.6 Å². The largest absolute Gasteiger partial charge is 0.448 e. The molecule has 1 aliphatic heterocycles. The van der Waals surface area contributed by atoms with Gasteiger partial charge in [-0.15, -0.1) is 0 Å². The predicted molar refractivity (Wildman–Crippen MR) is 56.0 cm³/mol. The molecule has 1 aliphatic rings. The molecule has 2 N–H and O–H groups in total. The molecule has 5 heteroatoms. The van der Waals surface area contributed by atoms with E-state index in [2.05, 4.69) is 0 Å². The molecular formula is C11H13FN2O2. The van der Waals surface area contributed by atoms with Crippen LogP contribution in [0.1, 0.15) is 11.1 Å². The van der Waals surface area contributed by atoms with Gasteiger partial charge in [-0.25, -0.2) is 9.18 Å². The molecule has 4 nitrogen and oxygen atoms in total. The number of cyclic esters (lactones) is 1. The van der Waals surface area contributed by atoms with Crippen molar-refractivity contribution in [2.24, 2.45) is 5.73 Å². The number of carbonyl (C=O) groups is 1. The fourth-order valence-corrected chi connectivity index (χ4v) is 1.71. The summed E-state index contributed by atoms with van der Waals surface area (Å²) < 4.78 is 17.8. The molecule has 0 atom stereocenters. The van der Waals surface area contributed by atoms with E-state index in [4.69, 9.17) is 10.5 Å². The van der Waals surface area contributed by atoms with Crippen molar-refractivity contribution in [1.82, 2.24) is 4.90 Å². The second kappa shape index (κ2) is 4.49. The van der Waals surface area contributed by atoms with E-state index in [1.165, 1.54) is 12.1 Å². The minimum absolute atomic E-state index is 0.260. The molecule has 0 radical (unpaired) electrons. The van der Waals surface area contributed by atoms with Gasteiger partial charge in [-0.3, -0.25) is 0 Å². The highest BCUT2D eigenvalue weighted by Crippen LogP contribution is 2.15.